The molecule has 0 aromatic heterocycles. The van der Waals surface area contributed by atoms with Gasteiger partial charge >= 0.3 is 0 Å². The molecule has 0 amide bonds. The van der Waals surface area contributed by atoms with Crippen LogP contribution in [0.15, 0.2) is 0 Å². The molecule has 0 saturated carbocycles. The number of aliphatic hydroxyl groups excluding tert-OH is 18. The molecule has 31 nitrogen and oxygen atoms in total. The average molecular weight is 1030 g/mol. The average Bonchev–Trinajstić information content (AvgIpc) is 3.33. The van der Waals surface area contributed by atoms with Gasteiger partial charge in [0.1, 0.15) is 146 Å². The van der Waals surface area contributed by atoms with Crippen LogP contribution in [0.3, 0.4) is 0 Å². The van der Waals surface area contributed by atoms with Gasteiger partial charge in [0.2, 0.25) is 0 Å². The summed E-state index contributed by atoms with van der Waals surface area (Å²) in [6, 6.07) is 0. The van der Waals surface area contributed by atoms with E-state index in [2.05, 4.69) is 0 Å². The van der Waals surface area contributed by atoms with Gasteiger partial charge in [0, 0.05) is 0 Å². The minimum atomic E-state index is -2.22. The maximum atomic E-state index is 11.5. The quantitative estimate of drug-likeness (QED) is 0.100. The van der Waals surface area contributed by atoms with Gasteiger partial charge in [0.15, 0.2) is 44.0 Å². The molecule has 22 aliphatic rings. The molecule has 22 saturated heterocycles. The second-order valence-electron chi connectivity index (χ2n) is 18.2. The van der Waals surface area contributed by atoms with E-state index in [0.29, 0.717) is 0 Å². The highest BCUT2D eigenvalue weighted by atomic mass is 16.8. The van der Waals surface area contributed by atoms with E-state index in [1.807, 2.05) is 0 Å². The molecule has 0 aromatic carbocycles. The van der Waals surface area contributed by atoms with E-state index in [0.717, 1.165) is 0 Å². The molecule has 31 atom stereocenters. The Morgan fingerprint density at radius 3 is 0.714 bits per heavy atom. The van der Waals surface area contributed by atoms with Crippen molar-refractivity contribution in [3.63, 3.8) is 0 Å². The van der Waals surface area contributed by atoms with E-state index in [9.17, 15) is 91.9 Å². The summed E-state index contributed by atoms with van der Waals surface area (Å²) in [5.74, 6) is 0. The number of hydrogen-bond acceptors (Lipinski definition) is 31. The van der Waals surface area contributed by atoms with Gasteiger partial charge in [0.05, 0.1) is 39.1 Å². The summed E-state index contributed by atoms with van der Waals surface area (Å²) in [5.41, 5.74) is 0. The molecule has 12 bridgehead atoms. The van der Waals surface area contributed by atoms with Crippen molar-refractivity contribution in [1.29, 1.82) is 0 Å². The number of rotatable bonds is 8. The van der Waals surface area contributed by atoms with Gasteiger partial charge in [-0.2, -0.15) is 0 Å². The SMILES string of the molecule is CC(C)OC(O)C1O[C@H]2O[C@H]3C(CO)O[C@@H](O[C@H]4C(CO)O[C@@H](O[C@H]5C(CO)O[C@@H](O[C@H]6C(CO)O[C@@H](O[C@H]7C(CO)O[C@@H](O[C@@H]1C(O)[C@H]2O)[C@H](O)C7O)[C@H](O)C6O)[C@H](O)C5O)[C@H](O)C4O)[C@H](O)C3O. The van der Waals surface area contributed by atoms with E-state index in [4.69, 9.17) is 61.6 Å². The zero-order valence-electron chi connectivity index (χ0n) is 37.4. The van der Waals surface area contributed by atoms with Crippen molar-refractivity contribution in [3.8, 4) is 0 Å². The third-order valence-corrected chi connectivity index (χ3v) is 13.1. The third-order valence-electron chi connectivity index (χ3n) is 13.1. The van der Waals surface area contributed by atoms with Crippen LogP contribution >= 0.6 is 0 Å². The van der Waals surface area contributed by atoms with Crippen molar-refractivity contribution in [2.45, 2.75) is 210 Å². The van der Waals surface area contributed by atoms with Crippen LogP contribution in [0, 0.1) is 0 Å². The Hall–Kier alpha value is -1.24. The van der Waals surface area contributed by atoms with Crippen LogP contribution in [0.25, 0.3) is 0 Å². The van der Waals surface area contributed by atoms with Crippen molar-refractivity contribution in [2.75, 3.05) is 33.0 Å². The minimum Gasteiger partial charge on any atom is -0.394 e. The number of hydrogen-bond donors (Lipinski definition) is 18. The van der Waals surface area contributed by atoms with E-state index in [-0.39, 0.29) is 0 Å². The first-order valence-corrected chi connectivity index (χ1v) is 22.6. The van der Waals surface area contributed by atoms with Crippen molar-refractivity contribution in [2.24, 2.45) is 0 Å². The maximum Gasteiger partial charge on any atom is 0.187 e. The summed E-state index contributed by atoms with van der Waals surface area (Å²) in [4.78, 5) is 0. The topological polar surface area (TPSA) is 484 Å². The molecule has 0 aromatic rings. The first-order valence-electron chi connectivity index (χ1n) is 22.6. The predicted octanol–water partition coefficient (Wildman–Crippen LogP) is -12.3. The van der Waals surface area contributed by atoms with Crippen molar-refractivity contribution >= 4 is 0 Å². The molecule has 22 rings (SSSR count). The number of ether oxygens (including phenoxy) is 13. The van der Waals surface area contributed by atoms with Gasteiger partial charge in [-0.3, -0.25) is 0 Å². The molecule has 31 heteroatoms. The van der Waals surface area contributed by atoms with Crippen molar-refractivity contribution in [1.82, 2.24) is 0 Å². The van der Waals surface area contributed by atoms with Gasteiger partial charge < -0.3 is 153 Å². The van der Waals surface area contributed by atoms with Gasteiger partial charge in [-0.15, -0.1) is 0 Å². The van der Waals surface area contributed by atoms with Crippen LogP contribution < -0.4 is 0 Å². The Balaban J connectivity index is 1.22. The molecule has 13 unspecified atom stereocenters. The van der Waals surface area contributed by atoms with E-state index < -0.39 is 230 Å². The standard InChI is InChI=1S/C39H66O31/c1-8(2)58-33(57)32-31-19(50)25(56)39(70-32)68-30-13(7-44)62-37(23(54)17(30)48)66-28-11(5-42)60-35(21(52)15(28)46)64-26-9(3-40)59-34(20(51)14(26)45)65-27-10(4-41)61-36(22(53)16(27)47)67-29-12(6-43)63-38(69-31)24(55)18(29)49/h8-57H,3-7H2,1-2H3/t9?,10?,11?,12?,13?,14?,15?,16?,17?,18?,19?,20-,21-,22-,23-,24-,25-,26+,27+,28+,29+,30+,31-,32?,33?,34+,35+,36+,37+,38+,39-/m1/s1. The lowest BCUT2D eigenvalue weighted by atomic mass is 9.94. The van der Waals surface area contributed by atoms with Gasteiger partial charge in [-0.05, 0) is 13.8 Å². The Labute approximate surface area is 396 Å². The molecular weight excluding hydrogens is 964 g/mol. The van der Waals surface area contributed by atoms with Crippen LogP contribution in [-0.4, -0.2) is 322 Å². The van der Waals surface area contributed by atoms with Crippen LogP contribution in [0.1, 0.15) is 13.8 Å². The van der Waals surface area contributed by atoms with Gasteiger partial charge in [-0.1, -0.05) is 0 Å². The highest BCUT2D eigenvalue weighted by Gasteiger charge is 2.59. The van der Waals surface area contributed by atoms with Crippen LogP contribution in [-0.2, 0) is 61.6 Å². The lowest BCUT2D eigenvalue weighted by molar-refractivity contribution is -0.409. The second-order valence-corrected chi connectivity index (χ2v) is 18.2. The molecule has 70 heavy (non-hydrogen) atoms. The van der Waals surface area contributed by atoms with Gasteiger partial charge in [-0.25, -0.2) is 0 Å². The largest absolute Gasteiger partial charge is 0.394 e. The summed E-state index contributed by atoms with van der Waals surface area (Å²) in [6.45, 7) is -2.10. The summed E-state index contributed by atoms with van der Waals surface area (Å²) >= 11 is 0. The smallest absolute Gasteiger partial charge is 0.187 e. The van der Waals surface area contributed by atoms with Crippen LogP contribution in [0.5, 0.6) is 0 Å². The summed E-state index contributed by atoms with van der Waals surface area (Å²) < 4.78 is 74.0. The molecule has 0 spiro atoms. The number of aliphatic hydroxyl groups is 18. The zero-order chi connectivity index (χ0) is 51.2. The lowest BCUT2D eigenvalue weighted by Crippen LogP contribution is -2.69. The van der Waals surface area contributed by atoms with E-state index in [1.54, 1.807) is 0 Å². The molecular formula is C39H66O31. The Bertz CT molecular complexity index is 1610. The molecule has 22 aliphatic heterocycles. The normalized spacial score (nSPS) is 53.4. The molecule has 22 heterocycles. The first-order chi connectivity index (χ1) is 33.2. The second kappa shape index (κ2) is 23.8. The molecule has 408 valence electrons. The lowest BCUT2D eigenvalue weighted by Gasteiger charge is -2.51. The molecule has 22 fully saturated rings. The Kier molecular flexibility index (Phi) is 19.2. The zero-order valence-corrected chi connectivity index (χ0v) is 37.4. The predicted molar refractivity (Wildman–Crippen MR) is 211 cm³/mol. The monoisotopic (exact) mass is 1030 g/mol. The molecule has 18 N–H and O–H groups in total. The van der Waals surface area contributed by atoms with E-state index >= 15 is 0 Å². The fourth-order valence-corrected chi connectivity index (χ4v) is 9.31. The highest BCUT2D eigenvalue weighted by Crippen LogP contribution is 2.38. The Morgan fingerprint density at radius 2 is 0.500 bits per heavy atom. The van der Waals surface area contributed by atoms with E-state index in [1.165, 1.54) is 13.8 Å². The molecule has 0 radical (unpaired) electrons. The van der Waals surface area contributed by atoms with Crippen LogP contribution in [0.4, 0.5) is 0 Å². The third kappa shape index (κ3) is 11.2. The fraction of sp³-hybridized carbons (Fsp3) is 1.00. The highest BCUT2D eigenvalue weighted by molar-refractivity contribution is 5.01. The maximum absolute atomic E-state index is 11.5. The van der Waals surface area contributed by atoms with Crippen LogP contribution in [0.2, 0.25) is 0 Å². The summed E-state index contributed by atoms with van der Waals surface area (Å²) in [6.07, 6.45) is -62.7. The van der Waals surface area contributed by atoms with Crippen molar-refractivity contribution < 1.29 is 153 Å². The fourth-order valence-electron chi connectivity index (χ4n) is 9.31. The minimum absolute atomic E-state index is 0.753. The first kappa shape index (κ1) is 56.5. The van der Waals surface area contributed by atoms with Crippen molar-refractivity contribution in [3.05, 3.63) is 0 Å². The Morgan fingerprint density at radius 1 is 0.300 bits per heavy atom. The van der Waals surface area contributed by atoms with Gasteiger partial charge in [0.25, 0.3) is 0 Å². The molecule has 0 aliphatic carbocycles. The summed E-state index contributed by atoms with van der Waals surface area (Å²) in [5, 5.41) is 198. The summed E-state index contributed by atoms with van der Waals surface area (Å²) in [7, 11) is 0.